The lowest BCUT2D eigenvalue weighted by Gasteiger charge is -2.22. The second-order valence-electron chi connectivity index (χ2n) is 8.02. The van der Waals surface area contributed by atoms with Gasteiger partial charge in [-0.2, -0.15) is 0 Å². The smallest absolute Gasteiger partial charge is 0.230 e. The molecule has 8 nitrogen and oxygen atoms in total. The van der Waals surface area contributed by atoms with Crippen LogP contribution in [-0.2, 0) is 19.6 Å². The maximum absolute atomic E-state index is 10.5. The Bertz CT molecular complexity index is 964. The Hall–Kier alpha value is -2.94. The van der Waals surface area contributed by atoms with Crippen molar-refractivity contribution in [3.63, 3.8) is 0 Å². The van der Waals surface area contributed by atoms with Gasteiger partial charge in [0.25, 0.3) is 0 Å². The van der Waals surface area contributed by atoms with Crippen molar-refractivity contribution >= 4 is 0 Å². The molecule has 0 saturated carbocycles. The van der Waals surface area contributed by atoms with E-state index < -0.39 is 6.10 Å². The average Bonchev–Trinajstić information content (AvgIpc) is 3.17. The Kier molecular flexibility index (Phi) is 8.61. The fourth-order valence-electron chi connectivity index (χ4n) is 3.49. The summed E-state index contributed by atoms with van der Waals surface area (Å²) in [6, 6.07) is 16.0. The molecule has 32 heavy (non-hydrogen) atoms. The predicted octanol–water partition coefficient (Wildman–Crippen LogP) is 2.89. The predicted molar refractivity (Wildman–Crippen MR) is 121 cm³/mol. The van der Waals surface area contributed by atoms with Crippen molar-refractivity contribution < 1.29 is 19.0 Å². The molecule has 1 atom stereocenters. The van der Waals surface area contributed by atoms with E-state index >= 15 is 0 Å². The van der Waals surface area contributed by atoms with E-state index in [4.69, 9.17) is 13.9 Å². The first-order valence-corrected chi connectivity index (χ1v) is 10.6. The number of benzene rings is 2. The molecule has 8 heteroatoms. The molecule has 1 heterocycles. The van der Waals surface area contributed by atoms with Crippen LogP contribution < -0.4 is 9.47 Å². The van der Waals surface area contributed by atoms with Gasteiger partial charge in [-0.05, 0) is 37.4 Å². The van der Waals surface area contributed by atoms with E-state index in [0.717, 1.165) is 12.1 Å². The molecule has 172 valence electrons. The number of likely N-dealkylation sites (N-methyl/N-ethyl adjacent to an activating group) is 1. The zero-order chi connectivity index (χ0) is 22.9. The second-order valence-corrected chi connectivity index (χ2v) is 8.02. The number of ether oxygens (including phenoxy) is 2. The van der Waals surface area contributed by atoms with Crippen LogP contribution in [-0.4, -0.2) is 65.6 Å². The number of hydrogen-bond donors (Lipinski definition) is 1. The van der Waals surface area contributed by atoms with Crippen LogP contribution >= 0.6 is 0 Å². The van der Waals surface area contributed by atoms with E-state index in [1.807, 2.05) is 50.5 Å². The Morgan fingerprint density at radius 1 is 0.938 bits per heavy atom. The molecule has 2 aromatic carbocycles. The van der Waals surface area contributed by atoms with Gasteiger partial charge in [-0.3, -0.25) is 9.80 Å². The molecule has 0 radical (unpaired) electrons. The van der Waals surface area contributed by atoms with Gasteiger partial charge in [-0.15, -0.1) is 10.2 Å². The normalized spacial score (nSPS) is 12.3. The molecule has 0 aliphatic carbocycles. The molecule has 3 rings (SSSR count). The molecule has 0 spiro atoms. The lowest BCUT2D eigenvalue weighted by atomic mass is 10.2. The van der Waals surface area contributed by atoms with Gasteiger partial charge in [0.1, 0.15) is 12.7 Å². The minimum Gasteiger partial charge on any atom is -0.493 e. The van der Waals surface area contributed by atoms with Gasteiger partial charge in [-0.1, -0.05) is 36.4 Å². The summed E-state index contributed by atoms with van der Waals surface area (Å²) < 4.78 is 16.8. The van der Waals surface area contributed by atoms with Crippen molar-refractivity contribution in [2.75, 3.05) is 34.4 Å². The molecule has 3 aromatic rings. The summed E-state index contributed by atoms with van der Waals surface area (Å²) in [4.78, 5) is 4.15. The van der Waals surface area contributed by atoms with Crippen molar-refractivity contribution in [1.82, 2.24) is 20.0 Å². The van der Waals surface area contributed by atoms with Crippen molar-refractivity contribution in [3.8, 4) is 11.5 Å². The first-order chi connectivity index (χ1) is 15.4. The highest BCUT2D eigenvalue weighted by atomic mass is 16.5. The third-order valence-electron chi connectivity index (χ3n) is 4.90. The molecule has 0 saturated heterocycles. The zero-order valence-electron chi connectivity index (χ0n) is 19.2. The number of rotatable bonds is 12. The van der Waals surface area contributed by atoms with Gasteiger partial charge < -0.3 is 19.0 Å². The summed E-state index contributed by atoms with van der Waals surface area (Å²) in [5.41, 5.74) is 2.26. The van der Waals surface area contributed by atoms with Gasteiger partial charge >= 0.3 is 0 Å². The summed E-state index contributed by atoms with van der Waals surface area (Å²) in [5.74, 6) is 2.38. The molecule has 1 N–H and O–H groups in total. The van der Waals surface area contributed by atoms with Crippen LogP contribution in [0.1, 0.15) is 22.9 Å². The van der Waals surface area contributed by atoms with Crippen molar-refractivity contribution in [1.29, 1.82) is 0 Å². The molecular weight excluding hydrogens is 408 g/mol. The number of aliphatic hydroxyl groups excluding tert-OH is 1. The summed E-state index contributed by atoms with van der Waals surface area (Å²) >= 11 is 0. The first-order valence-electron chi connectivity index (χ1n) is 10.6. The second kappa shape index (κ2) is 11.6. The monoisotopic (exact) mass is 440 g/mol. The molecule has 1 aromatic heterocycles. The van der Waals surface area contributed by atoms with Gasteiger partial charge in [0.05, 0.1) is 13.7 Å². The first kappa shape index (κ1) is 23.7. The fourth-order valence-corrected chi connectivity index (χ4v) is 3.49. The van der Waals surface area contributed by atoms with Crippen LogP contribution in [0.2, 0.25) is 0 Å². The maximum Gasteiger partial charge on any atom is 0.230 e. The van der Waals surface area contributed by atoms with Gasteiger partial charge in [0.2, 0.25) is 11.8 Å². The van der Waals surface area contributed by atoms with Crippen LogP contribution in [0.5, 0.6) is 11.5 Å². The number of methoxy groups -OCH3 is 1. The number of aromatic nitrogens is 2. The third-order valence-corrected chi connectivity index (χ3v) is 4.90. The average molecular weight is 441 g/mol. The van der Waals surface area contributed by atoms with E-state index in [1.165, 1.54) is 5.56 Å². The summed E-state index contributed by atoms with van der Waals surface area (Å²) in [6.45, 7) is 4.44. The SMILES string of the molecule is COc1ccc(CN(C)Cc2nnc(C)o2)cc1OC[C@@H](O)CN(C)Cc1ccccc1. The van der Waals surface area contributed by atoms with E-state index in [0.29, 0.717) is 42.9 Å². The van der Waals surface area contributed by atoms with E-state index in [-0.39, 0.29) is 6.61 Å². The number of aryl methyl sites for hydroxylation is 1. The van der Waals surface area contributed by atoms with E-state index in [9.17, 15) is 5.11 Å². The lowest BCUT2D eigenvalue weighted by molar-refractivity contribution is 0.0732. The Labute approximate surface area is 189 Å². The van der Waals surface area contributed by atoms with Gasteiger partial charge in [0.15, 0.2) is 11.5 Å². The Morgan fingerprint density at radius 2 is 1.69 bits per heavy atom. The van der Waals surface area contributed by atoms with Crippen LogP contribution in [0, 0.1) is 6.92 Å². The molecule has 0 unspecified atom stereocenters. The number of nitrogens with zero attached hydrogens (tertiary/aromatic N) is 4. The largest absolute Gasteiger partial charge is 0.493 e. The number of hydrogen-bond acceptors (Lipinski definition) is 8. The molecule has 0 aliphatic heterocycles. The van der Waals surface area contributed by atoms with E-state index in [2.05, 4.69) is 32.1 Å². The quantitative estimate of drug-likeness (QED) is 0.460. The highest BCUT2D eigenvalue weighted by Crippen LogP contribution is 2.29. The highest BCUT2D eigenvalue weighted by molar-refractivity contribution is 5.43. The molecule has 0 bridgehead atoms. The highest BCUT2D eigenvalue weighted by Gasteiger charge is 2.14. The van der Waals surface area contributed by atoms with Gasteiger partial charge in [0, 0.05) is 26.6 Å². The van der Waals surface area contributed by atoms with Crippen LogP contribution in [0.4, 0.5) is 0 Å². The minimum atomic E-state index is -0.625. The zero-order valence-corrected chi connectivity index (χ0v) is 19.2. The Morgan fingerprint density at radius 3 is 2.38 bits per heavy atom. The van der Waals surface area contributed by atoms with Crippen LogP contribution in [0.25, 0.3) is 0 Å². The molecule has 0 amide bonds. The van der Waals surface area contributed by atoms with Crippen LogP contribution in [0.3, 0.4) is 0 Å². The van der Waals surface area contributed by atoms with E-state index in [1.54, 1.807) is 14.0 Å². The molecule has 0 aliphatic rings. The molecular formula is C24H32N4O4. The minimum absolute atomic E-state index is 0.177. The van der Waals surface area contributed by atoms with Crippen molar-refractivity contribution in [2.24, 2.45) is 0 Å². The molecule has 0 fully saturated rings. The fraction of sp³-hybridized carbons (Fsp3) is 0.417. The topological polar surface area (TPSA) is 84.1 Å². The maximum atomic E-state index is 10.5. The standard InChI is InChI=1S/C24H32N4O4/c1-18-25-26-24(32-18)16-28(3)14-20-10-11-22(30-4)23(12-20)31-17-21(29)15-27(2)13-19-8-6-5-7-9-19/h5-12,21,29H,13-17H2,1-4H3/t21-/m0/s1. The Balaban J connectivity index is 1.53. The van der Waals surface area contributed by atoms with Crippen molar-refractivity contribution in [2.45, 2.75) is 32.7 Å². The lowest BCUT2D eigenvalue weighted by Crippen LogP contribution is -2.32. The third kappa shape index (κ3) is 7.33. The van der Waals surface area contributed by atoms with Gasteiger partial charge in [-0.25, -0.2) is 0 Å². The van der Waals surface area contributed by atoms with Crippen molar-refractivity contribution in [3.05, 3.63) is 71.4 Å². The summed E-state index contributed by atoms with van der Waals surface area (Å²) in [6.07, 6.45) is -0.625. The number of aliphatic hydroxyl groups is 1. The summed E-state index contributed by atoms with van der Waals surface area (Å²) in [5, 5.41) is 18.4. The van der Waals surface area contributed by atoms with Crippen LogP contribution in [0.15, 0.2) is 52.9 Å². The summed E-state index contributed by atoms with van der Waals surface area (Å²) in [7, 11) is 5.57.